The Morgan fingerprint density at radius 2 is 1.95 bits per heavy atom. The van der Waals surface area contributed by atoms with E-state index >= 15 is 0 Å². The molecular formula is C17H18BrClFN. The lowest BCUT2D eigenvalue weighted by molar-refractivity contribution is 0.617. The molecule has 0 saturated carbocycles. The van der Waals surface area contributed by atoms with Gasteiger partial charge in [-0.15, -0.1) is 0 Å². The third-order valence-electron chi connectivity index (χ3n) is 3.73. The quantitative estimate of drug-likeness (QED) is 0.625. The Hall–Kier alpha value is -1.06. The molecule has 0 saturated heterocycles. The highest BCUT2D eigenvalue weighted by atomic mass is 79.9. The van der Waals surface area contributed by atoms with Gasteiger partial charge in [0.05, 0.1) is 10.5 Å². The average Bonchev–Trinajstić information content (AvgIpc) is 2.46. The van der Waals surface area contributed by atoms with Crippen LogP contribution in [0.15, 0.2) is 40.9 Å². The highest BCUT2D eigenvalue weighted by Crippen LogP contribution is 2.32. The first-order valence-corrected chi connectivity index (χ1v) is 8.05. The molecule has 0 aliphatic carbocycles. The summed E-state index contributed by atoms with van der Waals surface area (Å²) in [5, 5.41) is 0.779. The van der Waals surface area contributed by atoms with Gasteiger partial charge in [-0.2, -0.15) is 0 Å². The van der Waals surface area contributed by atoms with Crippen LogP contribution in [0.2, 0.25) is 5.02 Å². The number of hydrogen-bond acceptors (Lipinski definition) is 1. The molecule has 0 radical (unpaired) electrons. The molecule has 0 spiro atoms. The molecule has 0 heterocycles. The van der Waals surface area contributed by atoms with Gasteiger partial charge in [-0.1, -0.05) is 30.7 Å². The minimum atomic E-state index is -0.248. The number of rotatable bonds is 4. The standard InChI is InChI=1S/C17H18BrClFN/c1-4-17(12-5-7-15(19)11(2)9-12)21(3)13-6-8-16(20)14(18)10-13/h5-10,17H,4H2,1-3H3/t17-/m1/s1. The Morgan fingerprint density at radius 1 is 1.24 bits per heavy atom. The van der Waals surface area contributed by atoms with Crippen LogP contribution in [0.3, 0.4) is 0 Å². The first-order valence-electron chi connectivity index (χ1n) is 6.88. The SMILES string of the molecule is CC[C@H](c1ccc(Cl)c(C)c1)N(C)c1ccc(F)c(Br)c1. The first-order chi connectivity index (χ1) is 9.93. The molecule has 0 unspecified atom stereocenters. The van der Waals surface area contributed by atoms with E-state index in [2.05, 4.69) is 39.9 Å². The van der Waals surface area contributed by atoms with Gasteiger partial charge in [-0.05, 0) is 64.7 Å². The van der Waals surface area contributed by atoms with Crippen LogP contribution in [0.4, 0.5) is 10.1 Å². The lowest BCUT2D eigenvalue weighted by atomic mass is 10.0. The van der Waals surface area contributed by atoms with Gasteiger partial charge in [0.2, 0.25) is 0 Å². The zero-order valence-electron chi connectivity index (χ0n) is 12.3. The monoisotopic (exact) mass is 369 g/mol. The van der Waals surface area contributed by atoms with Crippen LogP contribution in [0.1, 0.15) is 30.5 Å². The van der Waals surface area contributed by atoms with E-state index in [-0.39, 0.29) is 11.9 Å². The van der Waals surface area contributed by atoms with Gasteiger partial charge in [0.1, 0.15) is 5.82 Å². The van der Waals surface area contributed by atoms with E-state index in [9.17, 15) is 4.39 Å². The smallest absolute Gasteiger partial charge is 0.137 e. The number of benzene rings is 2. The summed E-state index contributed by atoms with van der Waals surface area (Å²) in [7, 11) is 2.03. The van der Waals surface area contributed by atoms with Crippen molar-refractivity contribution in [2.24, 2.45) is 0 Å². The Kier molecular flexibility index (Phi) is 5.28. The van der Waals surface area contributed by atoms with Crippen molar-refractivity contribution in [1.29, 1.82) is 0 Å². The molecule has 1 nitrogen and oxygen atoms in total. The van der Waals surface area contributed by atoms with Crippen LogP contribution >= 0.6 is 27.5 Å². The maximum Gasteiger partial charge on any atom is 0.137 e. The van der Waals surface area contributed by atoms with Crippen molar-refractivity contribution in [3.63, 3.8) is 0 Å². The van der Waals surface area contributed by atoms with Crippen molar-refractivity contribution >= 4 is 33.2 Å². The van der Waals surface area contributed by atoms with Crippen molar-refractivity contribution in [3.05, 3.63) is 62.8 Å². The molecule has 0 bridgehead atoms. The van der Waals surface area contributed by atoms with E-state index in [0.717, 1.165) is 22.7 Å². The second-order valence-corrected chi connectivity index (χ2v) is 6.40. The molecule has 112 valence electrons. The molecule has 1 atom stereocenters. The van der Waals surface area contributed by atoms with Crippen molar-refractivity contribution in [3.8, 4) is 0 Å². The number of nitrogens with zero attached hydrogens (tertiary/aromatic N) is 1. The van der Waals surface area contributed by atoms with Crippen LogP contribution in [0, 0.1) is 12.7 Å². The summed E-state index contributed by atoms with van der Waals surface area (Å²) >= 11 is 9.35. The molecule has 0 aromatic heterocycles. The molecule has 4 heteroatoms. The predicted octanol–water partition coefficient (Wildman–Crippen LogP) is 6.14. The zero-order chi connectivity index (χ0) is 15.6. The van der Waals surface area contributed by atoms with Crippen molar-refractivity contribution < 1.29 is 4.39 Å². The summed E-state index contributed by atoms with van der Waals surface area (Å²) in [4.78, 5) is 2.16. The van der Waals surface area contributed by atoms with Gasteiger partial charge in [0.15, 0.2) is 0 Å². The molecule has 2 rings (SSSR count). The molecule has 0 aliphatic rings. The van der Waals surface area contributed by atoms with E-state index in [1.807, 2.05) is 20.0 Å². The van der Waals surface area contributed by atoms with Crippen LogP contribution in [0.25, 0.3) is 0 Å². The van der Waals surface area contributed by atoms with E-state index in [4.69, 9.17) is 11.6 Å². The summed E-state index contributed by atoms with van der Waals surface area (Å²) in [5.41, 5.74) is 3.26. The summed E-state index contributed by atoms with van der Waals surface area (Å²) in [6, 6.07) is 11.4. The Labute approximate surface area is 138 Å². The summed E-state index contributed by atoms with van der Waals surface area (Å²) < 4.78 is 13.9. The second kappa shape index (κ2) is 6.80. The fraction of sp³-hybridized carbons (Fsp3) is 0.294. The normalized spacial score (nSPS) is 12.3. The topological polar surface area (TPSA) is 3.24 Å². The van der Waals surface area contributed by atoms with Gasteiger partial charge in [-0.25, -0.2) is 4.39 Å². The molecule has 2 aromatic rings. The minimum absolute atomic E-state index is 0.221. The van der Waals surface area contributed by atoms with Gasteiger partial charge in [0.25, 0.3) is 0 Å². The Bertz CT molecular complexity index is 645. The molecule has 21 heavy (non-hydrogen) atoms. The average molecular weight is 371 g/mol. The molecule has 2 aromatic carbocycles. The van der Waals surface area contributed by atoms with Gasteiger partial charge < -0.3 is 4.90 Å². The number of anilines is 1. The zero-order valence-corrected chi connectivity index (χ0v) is 14.7. The summed E-state index contributed by atoms with van der Waals surface area (Å²) in [6.07, 6.45) is 0.951. The minimum Gasteiger partial charge on any atom is -0.368 e. The Morgan fingerprint density at radius 3 is 2.52 bits per heavy atom. The predicted molar refractivity (Wildman–Crippen MR) is 91.7 cm³/mol. The fourth-order valence-electron chi connectivity index (χ4n) is 2.49. The molecule has 0 aliphatic heterocycles. The third kappa shape index (κ3) is 3.58. The van der Waals surface area contributed by atoms with Gasteiger partial charge in [0, 0.05) is 17.8 Å². The number of halogens is 3. The lowest BCUT2D eigenvalue weighted by Crippen LogP contribution is -2.23. The van der Waals surface area contributed by atoms with Crippen LogP contribution in [-0.2, 0) is 0 Å². The van der Waals surface area contributed by atoms with Gasteiger partial charge >= 0.3 is 0 Å². The third-order valence-corrected chi connectivity index (χ3v) is 4.76. The van der Waals surface area contributed by atoms with Crippen molar-refractivity contribution in [2.45, 2.75) is 26.3 Å². The second-order valence-electron chi connectivity index (χ2n) is 5.14. The highest BCUT2D eigenvalue weighted by molar-refractivity contribution is 9.10. The summed E-state index contributed by atoms with van der Waals surface area (Å²) in [6.45, 7) is 4.15. The molecular weight excluding hydrogens is 353 g/mol. The molecule has 0 amide bonds. The highest BCUT2D eigenvalue weighted by Gasteiger charge is 2.17. The summed E-state index contributed by atoms with van der Waals surface area (Å²) in [5.74, 6) is -0.248. The molecule has 0 fully saturated rings. The van der Waals surface area contributed by atoms with Gasteiger partial charge in [-0.3, -0.25) is 0 Å². The lowest BCUT2D eigenvalue weighted by Gasteiger charge is -2.30. The van der Waals surface area contributed by atoms with Crippen molar-refractivity contribution in [2.75, 3.05) is 11.9 Å². The van der Waals surface area contributed by atoms with Crippen LogP contribution in [0.5, 0.6) is 0 Å². The van der Waals surface area contributed by atoms with Crippen molar-refractivity contribution in [1.82, 2.24) is 0 Å². The van der Waals surface area contributed by atoms with E-state index in [1.165, 1.54) is 11.6 Å². The van der Waals surface area contributed by atoms with Crippen LogP contribution < -0.4 is 4.90 Å². The van der Waals surface area contributed by atoms with Crippen LogP contribution in [-0.4, -0.2) is 7.05 Å². The Balaban J connectivity index is 2.35. The molecule has 0 N–H and O–H groups in total. The van der Waals surface area contributed by atoms with E-state index in [0.29, 0.717) is 4.47 Å². The number of hydrogen-bond donors (Lipinski definition) is 0. The van der Waals surface area contributed by atoms with E-state index < -0.39 is 0 Å². The first kappa shape index (κ1) is 16.3. The maximum atomic E-state index is 13.4. The largest absolute Gasteiger partial charge is 0.368 e. The number of aryl methyl sites for hydroxylation is 1. The maximum absolute atomic E-state index is 13.4. The fourth-order valence-corrected chi connectivity index (χ4v) is 2.98. The van der Waals surface area contributed by atoms with E-state index in [1.54, 1.807) is 12.1 Å².